The van der Waals surface area contributed by atoms with E-state index in [4.69, 9.17) is 9.47 Å². The summed E-state index contributed by atoms with van der Waals surface area (Å²) in [5.74, 6) is 1.09. The Balaban J connectivity index is 1.89. The van der Waals surface area contributed by atoms with E-state index in [9.17, 15) is 4.79 Å². The number of nitrogens with zero attached hydrogens (tertiary/aromatic N) is 1. The van der Waals surface area contributed by atoms with Crippen molar-refractivity contribution in [2.24, 2.45) is 0 Å². The van der Waals surface area contributed by atoms with E-state index < -0.39 is 0 Å². The molecule has 0 fully saturated rings. The van der Waals surface area contributed by atoms with Crippen LogP contribution in [0, 0.1) is 0 Å². The molecule has 1 heterocycles. The molecule has 2 aromatic carbocycles. The zero-order chi connectivity index (χ0) is 20.4. The molecule has 0 N–H and O–H groups in total. The molecule has 0 radical (unpaired) electrons. The summed E-state index contributed by atoms with van der Waals surface area (Å²) in [5, 5.41) is 0. The average molecular weight is 394 g/mol. The van der Waals surface area contributed by atoms with E-state index in [1.807, 2.05) is 0 Å². The van der Waals surface area contributed by atoms with E-state index in [0.717, 1.165) is 50.8 Å². The first kappa shape index (κ1) is 20.0. The van der Waals surface area contributed by atoms with Crippen molar-refractivity contribution in [1.29, 1.82) is 0 Å². The van der Waals surface area contributed by atoms with Crippen LogP contribution in [0.4, 0.5) is 0 Å². The van der Waals surface area contributed by atoms with Gasteiger partial charge in [-0.2, -0.15) is 0 Å². The maximum absolute atomic E-state index is 12.6. The molecular formula is C25H31NO3. The van der Waals surface area contributed by atoms with Crippen molar-refractivity contribution in [3.63, 3.8) is 0 Å². The Bertz CT molecular complexity index is 905. The lowest BCUT2D eigenvalue weighted by atomic mass is 9.76. The van der Waals surface area contributed by atoms with Gasteiger partial charge in [-0.25, -0.2) is 0 Å². The van der Waals surface area contributed by atoms with Crippen LogP contribution in [0.5, 0.6) is 11.5 Å². The Morgan fingerprint density at radius 3 is 2.76 bits per heavy atom. The lowest BCUT2D eigenvalue weighted by molar-refractivity contribution is -0.134. The molecule has 29 heavy (non-hydrogen) atoms. The topological polar surface area (TPSA) is 38.8 Å². The number of hydrogen-bond donors (Lipinski definition) is 0. The predicted molar refractivity (Wildman–Crippen MR) is 116 cm³/mol. The number of carbonyl (C=O) groups excluding carboxylic acids is 1. The quantitative estimate of drug-likeness (QED) is 0.471. The Kier molecular flexibility index (Phi) is 5.91. The highest BCUT2D eigenvalue weighted by molar-refractivity contribution is 5.86. The summed E-state index contributed by atoms with van der Waals surface area (Å²) in [5.41, 5.74) is 6.23. The maximum Gasteiger partial charge on any atom is 0.311 e. The Morgan fingerprint density at radius 2 is 2.00 bits per heavy atom. The fourth-order valence-electron chi connectivity index (χ4n) is 4.84. The normalized spacial score (nSPS) is 17.4. The van der Waals surface area contributed by atoms with E-state index in [1.54, 1.807) is 7.11 Å². The van der Waals surface area contributed by atoms with Gasteiger partial charge in [-0.3, -0.25) is 9.69 Å². The van der Waals surface area contributed by atoms with Crippen LogP contribution in [0.25, 0.3) is 11.1 Å². The van der Waals surface area contributed by atoms with Crippen molar-refractivity contribution in [3.05, 3.63) is 47.0 Å². The first-order valence-corrected chi connectivity index (χ1v) is 10.9. The van der Waals surface area contributed by atoms with Gasteiger partial charge in [0.05, 0.1) is 7.11 Å². The summed E-state index contributed by atoms with van der Waals surface area (Å²) in [6.07, 6.45) is 5.39. The van der Waals surface area contributed by atoms with Crippen LogP contribution in [0.1, 0.15) is 62.3 Å². The monoisotopic (exact) mass is 393 g/mol. The summed E-state index contributed by atoms with van der Waals surface area (Å²) in [6.45, 7) is 6.47. The number of hydrogen-bond acceptors (Lipinski definition) is 4. The lowest BCUT2D eigenvalue weighted by Crippen LogP contribution is -2.39. The van der Waals surface area contributed by atoms with E-state index in [2.05, 4.69) is 49.1 Å². The van der Waals surface area contributed by atoms with Crippen molar-refractivity contribution in [2.75, 3.05) is 20.2 Å². The standard InChI is InChI=1S/C25H31NO3/c1-4-6-11-22(27)29-25-21(28-3)16-18-12-14-26(13-5-2)20-15-17-9-7-8-10-19(17)24(25)23(18)20/h7-10,16,20H,4-6,11-15H2,1-3H3/t20-/m1/s1. The third-order valence-corrected chi connectivity index (χ3v) is 6.19. The van der Waals surface area contributed by atoms with Gasteiger partial charge in [-0.05, 0) is 60.5 Å². The highest BCUT2D eigenvalue weighted by atomic mass is 16.6. The minimum Gasteiger partial charge on any atom is -0.493 e. The summed E-state index contributed by atoms with van der Waals surface area (Å²) in [6, 6.07) is 11.0. The second-order valence-corrected chi connectivity index (χ2v) is 8.10. The molecule has 4 heteroatoms. The SMILES string of the molecule is CCCCC(=O)Oc1c(OC)cc2c3c1-c1ccccc1C[C@H]3N(CCC)CC2. The van der Waals surface area contributed by atoms with Crippen LogP contribution in [0.3, 0.4) is 0 Å². The zero-order valence-corrected chi connectivity index (χ0v) is 17.8. The van der Waals surface area contributed by atoms with Crippen molar-refractivity contribution in [2.45, 2.75) is 58.4 Å². The number of carbonyl (C=O) groups is 1. The van der Waals surface area contributed by atoms with Crippen LogP contribution < -0.4 is 9.47 Å². The van der Waals surface area contributed by atoms with Crippen LogP contribution >= 0.6 is 0 Å². The van der Waals surface area contributed by atoms with E-state index in [-0.39, 0.29) is 5.97 Å². The number of benzene rings is 2. The molecule has 0 unspecified atom stereocenters. The molecule has 1 atom stereocenters. The predicted octanol–water partition coefficient (Wildman–Crippen LogP) is 5.32. The second-order valence-electron chi connectivity index (χ2n) is 8.10. The summed E-state index contributed by atoms with van der Waals surface area (Å²) >= 11 is 0. The summed E-state index contributed by atoms with van der Waals surface area (Å²) < 4.78 is 11.7. The fraction of sp³-hybridized carbons (Fsp3) is 0.480. The molecule has 0 spiro atoms. The lowest BCUT2D eigenvalue weighted by Gasteiger charge is -2.42. The number of ether oxygens (including phenoxy) is 2. The van der Waals surface area contributed by atoms with Gasteiger partial charge in [0.2, 0.25) is 0 Å². The maximum atomic E-state index is 12.6. The van der Waals surface area contributed by atoms with Crippen molar-refractivity contribution in [1.82, 2.24) is 4.90 Å². The molecule has 0 bridgehead atoms. The molecule has 0 saturated carbocycles. The molecule has 2 aliphatic rings. The zero-order valence-electron chi connectivity index (χ0n) is 17.8. The average Bonchev–Trinajstić information content (AvgIpc) is 2.75. The number of rotatable bonds is 7. The van der Waals surface area contributed by atoms with Gasteiger partial charge < -0.3 is 9.47 Å². The van der Waals surface area contributed by atoms with Crippen LogP contribution in [-0.4, -0.2) is 31.1 Å². The van der Waals surface area contributed by atoms with Gasteiger partial charge >= 0.3 is 5.97 Å². The van der Waals surface area contributed by atoms with Gasteiger partial charge in [0.1, 0.15) is 0 Å². The van der Waals surface area contributed by atoms with Crippen LogP contribution in [0.15, 0.2) is 30.3 Å². The largest absolute Gasteiger partial charge is 0.493 e. The molecule has 154 valence electrons. The van der Waals surface area contributed by atoms with Crippen molar-refractivity contribution >= 4 is 5.97 Å². The highest BCUT2D eigenvalue weighted by Gasteiger charge is 2.37. The fourth-order valence-corrected chi connectivity index (χ4v) is 4.84. The molecule has 0 aromatic heterocycles. The molecule has 4 rings (SSSR count). The number of unbranched alkanes of at least 4 members (excludes halogenated alkanes) is 1. The highest BCUT2D eigenvalue weighted by Crippen LogP contribution is 2.52. The minimum absolute atomic E-state index is 0.179. The van der Waals surface area contributed by atoms with Gasteiger partial charge in [0.25, 0.3) is 0 Å². The van der Waals surface area contributed by atoms with Crippen molar-refractivity contribution < 1.29 is 14.3 Å². The summed E-state index contributed by atoms with van der Waals surface area (Å²) in [4.78, 5) is 15.2. The Morgan fingerprint density at radius 1 is 1.17 bits per heavy atom. The minimum atomic E-state index is -0.179. The van der Waals surface area contributed by atoms with Gasteiger partial charge in [0.15, 0.2) is 11.5 Å². The smallest absolute Gasteiger partial charge is 0.311 e. The van der Waals surface area contributed by atoms with Crippen LogP contribution in [-0.2, 0) is 17.6 Å². The number of methoxy groups -OCH3 is 1. The first-order chi connectivity index (χ1) is 14.2. The second kappa shape index (κ2) is 8.58. The third-order valence-electron chi connectivity index (χ3n) is 6.19. The Hall–Kier alpha value is -2.33. The first-order valence-electron chi connectivity index (χ1n) is 10.9. The van der Waals surface area contributed by atoms with Crippen molar-refractivity contribution in [3.8, 4) is 22.6 Å². The third kappa shape index (κ3) is 3.66. The molecular weight excluding hydrogens is 362 g/mol. The molecule has 1 aliphatic carbocycles. The van der Waals surface area contributed by atoms with Crippen LogP contribution in [0.2, 0.25) is 0 Å². The van der Waals surface area contributed by atoms with Gasteiger partial charge in [0, 0.05) is 24.6 Å². The van der Waals surface area contributed by atoms with Gasteiger partial charge in [-0.15, -0.1) is 0 Å². The molecule has 0 saturated heterocycles. The number of fused-ring (bicyclic) bond motifs is 2. The Labute approximate surface area is 173 Å². The molecule has 2 aromatic rings. The van der Waals surface area contributed by atoms with E-state index >= 15 is 0 Å². The van der Waals surface area contributed by atoms with E-state index in [1.165, 1.54) is 22.3 Å². The molecule has 0 amide bonds. The number of esters is 1. The summed E-state index contributed by atoms with van der Waals surface area (Å²) in [7, 11) is 1.66. The van der Waals surface area contributed by atoms with E-state index in [0.29, 0.717) is 24.0 Å². The molecule has 4 nitrogen and oxygen atoms in total. The van der Waals surface area contributed by atoms with Gasteiger partial charge in [-0.1, -0.05) is 44.5 Å². The molecule has 1 aliphatic heterocycles.